The summed E-state index contributed by atoms with van der Waals surface area (Å²) in [6, 6.07) is 1.85. The number of nitrogens with zero attached hydrogens (tertiary/aromatic N) is 2. The van der Waals surface area contributed by atoms with Gasteiger partial charge in [0.2, 0.25) is 0 Å². The third-order valence-electron chi connectivity index (χ3n) is 1.99. The number of aryl methyl sites for hydroxylation is 2. The Morgan fingerprint density at radius 3 is 2.88 bits per heavy atom. The number of carboxylic acids is 1. The van der Waals surface area contributed by atoms with Crippen molar-refractivity contribution in [1.82, 2.24) is 10.1 Å². The van der Waals surface area contributed by atoms with Crippen LogP contribution in [-0.2, 0) is 5.75 Å². The first-order valence-corrected chi connectivity index (χ1v) is 6.62. The molecule has 2 aromatic rings. The van der Waals surface area contributed by atoms with Crippen LogP contribution in [0.15, 0.2) is 14.9 Å². The lowest BCUT2D eigenvalue weighted by Gasteiger charge is -1.90. The number of rotatable bonds is 4. The lowest BCUT2D eigenvalue weighted by Crippen LogP contribution is -1.94. The molecule has 0 saturated carbocycles. The second kappa shape index (κ2) is 4.89. The highest BCUT2D eigenvalue weighted by Crippen LogP contribution is 2.29. The molecule has 0 aliphatic heterocycles. The van der Waals surface area contributed by atoms with Crippen molar-refractivity contribution in [3.05, 3.63) is 28.1 Å². The first-order valence-electron chi connectivity index (χ1n) is 4.82. The monoisotopic (exact) mass is 270 g/mol. The van der Waals surface area contributed by atoms with E-state index in [2.05, 4.69) is 10.1 Å². The van der Waals surface area contributed by atoms with Crippen LogP contribution < -0.4 is 0 Å². The molecule has 7 heteroatoms. The van der Waals surface area contributed by atoms with Gasteiger partial charge in [0, 0.05) is 11.8 Å². The fourth-order valence-corrected chi connectivity index (χ4v) is 3.16. The van der Waals surface area contributed by atoms with E-state index in [4.69, 9.17) is 9.63 Å². The van der Waals surface area contributed by atoms with Gasteiger partial charge in [0.15, 0.2) is 4.34 Å². The zero-order chi connectivity index (χ0) is 12.4. The van der Waals surface area contributed by atoms with Gasteiger partial charge in [0.1, 0.15) is 10.6 Å². The molecule has 1 N–H and O–H groups in total. The predicted octanol–water partition coefficient (Wildman–Crippen LogP) is 2.74. The highest BCUT2D eigenvalue weighted by molar-refractivity contribution is 8.00. The number of hydrogen-bond acceptors (Lipinski definition) is 6. The lowest BCUT2D eigenvalue weighted by molar-refractivity contribution is 0.0701. The van der Waals surface area contributed by atoms with Crippen molar-refractivity contribution >= 4 is 29.1 Å². The number of aromatic carboxylic acids is 1. The van der Waals surface area contributed by atoms with Crippen LogP contribution >= 0.6 is 23.1 Å². The summed E-state index contributed by atoms with van der Waals surface area (Å²) in [7, 11) is 0. The van der Waals surface area contributed by atoms with Crippen molar-refractivity contribution in [2.75, 3.05) is 0 Å². The highest BCUT2D eigenvalue weighted by Gasteiger charge is 2.14. The first-order chi connectivity index (χ1) is 8.06. The van der Waals surface area contributed by atoms with E-state index in [0.29, 0.717) is 16.3 Å². The van der Waals surface area contributed by atoms with Crippen LogP contribution in [0.4, 0.5) is 0 Å². The van der Waals surface area contributed by atoms with Crippen molar-refractivity contribution in [3.8, 4) is 0 Å². The Labute approximate surface area is 106 Å². The van der Waals surface area contributed by atoms with Crippen LogP contribution in [0.1, 0.15) is 26.8 Å². The number of hydrogen-bond donors (Lipinski definition) is 1. The minimum atomic E-state index is -0.927. The lowest BCUT2D eigenvalue weighted by atomic mass is 10.4. The van der Waals surface area contributed by atoms with Gasteiger partial charge in [-0.2, -0.15) is 0 Å². The molecule has 17 heavy (non-hydrogen) atoms. The van der Waals surface area contributed by atoms with Crippen LogP contribution in [0, 0.1) is 13.8 Å². The Morgan fingerprint density at radius 2 is 2.35 bits per heavy atom. The predicted molar refractivity (Wildman–Crippen MR) is 64.6 cm³/mol. The fraction of sp³-hybridized carbons (Fsp3) is 0.300. The molecule has 0 bridgehead atoms. The number of carboxylic acid groups (broad SMARTS) is 1. The van der Waals surface area contributed by atoms with Crippen molar-refractivity contribution in [2.24, 2.45) is 0 Å². The molecule has 0 amide bonds. The number of aromatic nitrogens is 2. The summed E-state index contributed by atoms with van der Waals surface area (Å²) in [6.07, 6.45) is 0. The van der Waals surface area contributed by atoms with E-state index >= 15 is 0 Å². The Hall–Kier alpha value is -1.34. The SMILES string of the molecule is Cc1cc(CSc2nc(C)c(C(=O)O)s2)no1. The molecule has 2 aromatic heterocycles. The molecule has 0 spiro atoms. The van der Waals surface area contributed by atoms with Crippen LogP contribution in [0.25, 0.3) is 0 Å². The minimum absolute atomic E-state index is 0.295. The summed E-state index contributed by atoms with van der Waals surface area (Å²) in [5.74, 6) is 0.467. The van der Waals surface area contributed by atoms with E-state index in [0.717, 1.165) is 15.8 Å². The molecule has 2 rings (SSSR count). The number of carbonyl (C=O) groups is 1. The largest absolute Gasteiger partial charge is 0.477 e. The summed E-state index contributed by atoms with van der Waals surface area (Å²) in [6.45, 7) is 3.53. The maximum atomic E-state index is 10.8. The second-order valence-electron chi connectivity index (χ2n) is 3.42. The molecular formula is C10H10N2O3S2. The fourth-order valence-electron chi connectivity index (χ4n) is 1.25. The van der Waals surface area contributed by atoms with Crippen LogP contribution in [0.2, 0.25) is 0 Å². The summed E-state index contributed by atoms with van der Waals surface area (Å²) < 4.78 is 5.68. The molecule has 0 atom stereocenters. The zero-order valence-electron chi connectivity index (χ0n) is 9.26. The molecule has 0 saturated heterocycles. The van der Waals surface area contributed by atoms with Gasteiger partial charge in [-0.05, 0) is 13.8 Å². The van der Waals surface area contributed by atoms with Crippen LogP contribution in [0.3, 0.4) is 0 Å². The van der Waals surface area contributed by atoms with Crippen LogP contribution in [0.5, 0.6) is 0 Å². The van der Waals surface area contributed by atoms with Gasteiger partial charge in [-0.25, -0.2) is 9.78 Å². The van der Waals surface area contributed by atoms with Gasteiger partial charge < -0.3 is 9.63 Å². The standard InChI is InChI=1S/C10H10N2O3S2/c1-5-3-7(12-15-5)4-16-10-11-6(2)8(17-10)9(13)14/h3H,4H2,1-2H3,(H,13,14). The molecular weight excluding hydrogens is 260 g/mol. The topological polar surface area (TPSA) is 76.2 Å². The van der Waals surface area contributed by atoms with Crippen molar-refractivity contribution < 1.29 is 14.4 Å². The van der Waals surface area contributed by atoms with Crippen molar-refractivity contribution in [1.29, 1.82) is 0 Å². The summed E-state index contributed by atoms with van der Waals surface area (Å²) in [5.41, 5.74) is 1.39. The van der Waals surface area contributed by atoms with Gasteiger partial charge in [-0.15, -0.1) is 11.3 Å². The van der Waals surface area contributed by atoms with E-state index in [9.17, 15) is 4.79 Å². The Bertz CT molecular complexity index is 547. The highest BCUT2D eigenvalue weighted by atomic mass is 32.2. The van der Waals surface area contributed by atoms with Crippen molar-refractivity contribution in [3.63, 3.8) is 0 Å². The van der Waals surface area contributed by atoms with E-state index in [-0.39, 0.29) is 0 Å². The summed E-state index contributed by atoms with van der Waals surface area (Å²) in [4.78, 5) is 15.3. The molecule has 0 aliphatic carbocycles. The third kappa shape index (κ3) is 2.86. The number of thioether (sulfide) groups is 1. The van der Waals surface area contributed by atoms with Gasteiger partial charge in [0.25, 0.3) is 0 Å². The van der Waals surface area contributed by atoms with E-state index in [1.54, 1.807) is 6.92 Å². The third-order valence-corrected chi connectivity index (χ3v) is 4.31. The summed E-state index contributed by atoms with van der Waals surface area (Å²) in [5, 5.41) is 12.8. The smallest absolute Gasteiger partial charge is 0.347 e. The molecule has 0 unspecified atom stereocenters. The van der Waals surface area contributed by atoms with E-state index in [1.165, 1.54) is 23.1 Å². The quantitative estimate of drug-likeness (QED) is 0.861. The molecule has 5 nitrogen and oxygen atoms in total. The molecule has 0 aromatic carbocycles. The molecule has 0 aliphatic rings. The maximum Gasteiger partial charge on any atom is 0.347 e. The zero-order valence-corrected chi connectivity index (χ0v) is 10.9. The average molecular weight is 270 g/mol. The molecule has 90 valence electrons. The Morgan fingerprint density at radius 1 is 1.59 bits per heavy atom. The normalized spacial score (nSPS) is 10.7. The van der Waals surface area contributed by atoms with Gasteiger partial charge in [0.05, 0.1) is 11.4 Å². The second-order valence-corrected chi connectivity index (χ2v) is 5.64. The minimum Gasteiger partial charge on any atom is -0.477 e. The van der Waals surface area contributed by atoms with E-state index in [1.807, 2.05) is 13.0 Å². The molecule has 0 radical (unpaired) electrons. The number of thiazole rings is 1. The van der Waals surface area contributed by atoms with Crippen molar-refractivity contribution in [2.45, 2.75) is 23.9 Å². The first kappa shape index (κ1) is 12.1. The Kier molecular flexibility index (Phi) is 3.49. The van der Waals surface area contributed by atoms with Crippen LogP contribution in [-0.4, -0.2) is 21.2 Å². The molecule has 0 fully saturated rings. The maximum absolute atomic E-state index is 10.8. The van der Waals surface area contributed by atoms with Gasteiger partial charge in [-0.1, -0.05) is 16.9 Å². The van der Waals surface area contributed by atoms with Gasteiger partial charge >= 0.3 is 5.97 Å². The van der Waals surface area contributed by atoms with E-state index < -0.39 is 5.97 Å². The Balaban J connectivity index is 2.04. The van der Waals surface area contributed by atoms with Gasteiger partial charge in [-0.3, -0.25) is 0 Å². The summed E-state index contributed by atoms with van der Waals surface area (Å²) >= 11 is 2.65. The molecule has 2 heterocycles. The average Bonchev–Trinajstić information content (AvgIpc) is 2.82.